The molecule has 1 atom stereocenters. The number of nitrogens with zero attached hydrogens (tertiary/aromatic N) is 2. The van der Waals surface area contributed by atoms with E-state index in [9.17, 15) is 9.59 Å². The van der Waals surface area contributed by atoms with Gasteiger partial charge in [0.2, 0.25) is 11.8 Å². The maximum absolute atomic E-state index is 13.1. The summed E-state index contributed by atoms with van der Waals surface area (Å²) in [5.74, 6) is 1.23. The molecule has 6 heteroatoms. The minimum atomic E-state index is -0.0387. The highest BCUT2D eigenvalue weighted by Crippen LogP contribution is 2.27. The first kappa shape index (κ1) is 22.6. The van der Waals surface area contributed by atoms with Gasteiger partial charge in [0, 0.05) is 25.0 Å². The van der Waals surface area contributed by atoms with E-state index in [1.54, 1.807) is 6.26 Å². The summed E-state index contributed by atoms with van der Waals surface area (Å²) in [6, 6.07) is 14.4. The molecule has 1 aromatic carbocycles. The summed E-state index contributed by atoms with van der Waals surface area (Å²) in [5, 5.41) is 3.00. The van der Waals surface area contributed by atoms with Crippen molar-refractivity contribution in [2.45, 2.75) is 57.5 Å². The second-order valence-corrected chi connectivity index (χ2v) is 9.04. The van der Waals surface area contributed by atoms with Gasteiger partial charge in [-0.05, 0) is 62.9 Å². The first-order valence-electron chi connectivity index (χ1n) is 12.0. The van der Waals surface area contributed by atoms with Crippen LogP contribution in [0, 0.1) is 5.92 Å². The standard InChI is InChI=1S/C26H35N3O3/c1-2-24(20-7-4-3-5-8-20)26(31)29-16-12-22(13-17-29)28-14-10-21(11-15-28)25(30)27-19-23-9-6-18-32-23/h3-9,18,21-22,24H,2,10-17,19H2,1H3,(H,27,30). The van der Waals surface area contributed by atoms with Crippen LogP contribution in [0.15, 0.2) is 53.1 Å². The van der Waals surface area contributed by atoms with Crippen molar-refractivity contribution in [2.75, 3.05) is 26.2 Å². The molecule has 0 radical (unpaired) electrons. The van der Waals surface area contributed by atoms with Gasteiger partial charge in [-0.1, -0.05) is 37.3 Å². The van der Waals surface area contributed by atoms with E-state index in [-0.39, 0.29) is 23.7 Å². The maximum Gasteiger partial charge on any atom is 0.230 e. The third kappa shape index (κ3) is 5.41. The minimum absolute atomic E-state index is 0.0387. The summed E-state index contributed by atoms with van der Waals surface area (Å²) in [5.41, 5.74) is 1.12. The Morgan fingerprint density at radius 3 is 2.34 bits per heavy atom. The van der Waals surface area contributed by atoms with E-state index in [2.05, 4.69) is 34.2 Å². The smallest absolute Gasteiger partial charge is 0.230 e. The van der Waals surface area contributed by atoms with Gasteiger partial charge in [0.05, 0.1) is 18.7 Å². The molecule has 1 unspecified atom stereocenters. The number of amides is 2. The van der Waals surface area contributed by atoms with Crippen LogP contribution in [-0.2, 0) is 16.1 Å². The Morgan fingerprint density at radius 1 is 1.00 bits per heavy atom. The lowest BCUT2D eigenvalue weighted by Crippen LogP contribution is -2.50. The van der Waals surface area contributed by atoms with Crippen LogP contribution in [0.5, 0.6) is 0 Å². The van der Waals surface area contributed by atoms with Gasteiger partial charge in [0.1, 0.15) is 5.76 Å². The predicted molar refractivity (Wildman–Crippen MR) is 124 cm³/mol. The molecule has 32 heavy (non-hydrogen) atoms. The van der Waals surface area contributed by atoms with Crippen LogP contribution in [0.25, 0.3) is 0 Å². The van der Waals surface area contributed by atoms with Crippen molar-refractivity contribution in [2.24, 2.45) is 5.92 Å². The molecule has 0 bridgehead atoms. The highest BCUT2D eigenvalue weighted by molar-refractivity contribution is 5.83. The summed E-state index contributed by atoms with van der Waals surface area (Å²) >= 11 is 0. The number of carbonyl (C=O) groups excluding carboxylic acids is 2. The minimum Gasteiger partial charge on any atom is -0.467 e. The number of likely N-dealkylation sites (tertiary alicyclic amines) is 2. The molecule has 2 saturated heterocycles. The van der Waals surface area contributed by atoms with Crippen molar-refractivity contribution >= 4 is 11.8 Å². The van der Waals surface area contributed by atoms with E-state index >= 15 is 0 Å². The molecule has 6 nitrogen and oxygen atoms in total. The molecule has 0 spiro atoms. The van der Waals surface area contributed by atoms with Gasteiger partial charge >= 0.3 is 0 Å². The molecule has 3 heterocycles. The van der Waals surface area contributed by atoms with Gasteiger partial charge in [-0.2, -0.15) is 0 Å². The van der Waals surface area contributed by atoms with Crippen molar-refractivity contribution in [1.29, 1.82) is 0 Å². The van der Waals surface area contributed by atoms with Gasteiger partial charge in [-0.25, -0.2) is 0 Å². The molecule has 2 aliphatic heterocycles. The average molecular weight is 438 g/mol. The van der Waals surface area contributed by atoms with Crippen LogP contribution < -0.4 is 5.32 Å². The monoisotopic (exact) mass is 437 g/mol. The van der Waals surface area contributed by atoms with E-state index in [0.29, 0.717) is 12.6 Å². The van der Waals surface area contributed by atoms with E-state index < -0.39 is 0 Å². The van der Waals surface area contributed by atoms with E-state index in [1.165, 1.54) is 0 Å². The first-order chi connectivity index (χ1) is 15.7. The number of furan rings is 1. The van der Waals surface area contributed by atoms with Crippen molar-refractivity contribution in [3.8, 4) is 0 Å². The van der Waals surface area contributed by atoms with Crippen LogP contribution >= 0.6 is 0 Å². The van der Waals surface area contributed by atoms with Crippen LogP contribution in [-0.4, -0.2) is 53.8 Å². The van der Waals surface area contributed by atoms with Crippen molar-refractivity contribution in [1.82, 2.24) is 15.1 Å². The van der Waals surface area contributed by atoms with Gasteiger partial charge < -0.3 is 19.5 Å². The molecule has 2 fully saturated rings. The highest BCUT2D eigenvalue weighted by Gasteiger charge is 2.33. The van der Waals surface area contributed by atoms with E-state index in [1.807, 2.05) is 30.3 Å². The first-order valence-corrected chi connectivity index (χ1v) is 12.0. The third-order valence-electron chi connectivity index (χ3n) is 7.12. The summed E-state index contributed by atoms with van der Waals surface area (Å²) < 4.78 is 5.29. The number of benzene rings is 1. The second kappa shape index (κ2) is 10.8. The number of carbonyl (C=O) groups is 2. The third-order valence-corrected chi connectivity index (χ3v) is 7.12. The number of piperidine rings is 2. The maximum atomic E-state index is 13.1. The molecule has 2 aromatic rings. The molecule has 4 rings (SSSR count). The molecule has 2 aliphatic rings. The topological polar surface area (TPSA) is 65.8 Å². The summed E-state index contributed by atoms with van der Waals surface area (Å²) in [6.45, 7) is 6.13. The normalized spacial score (nSPS) is 19.6. The van der Waals surface area contributed by atoms with Gasteiger partial charge in [-0.15, -0.1) is 0 Å². The predicted octanol–water partition coefficient (Wildman–Crippen LogP) is 3.79. The molecule has 172 valence electrons. The summed E-state index contributed by atoms with van der Waals surface area (Å²) in [6.07, 6.45) is 6.30. The van der Waals surface area contributed by atoms with Crippen molar-refractivity contribution in [3.05, 3.63) is 60.1 Å². The Bertz CT molecular complexity index is 852. The number of nitrogens with one attached hydrogen (secondary N) is 1. The zero-order valence-electron chi connectivity index (χ0n) is 19.0. The van der Waals surface area contributed by atoms with Gasteiger partial charge in [0.25, 0.3) is 0 Å². The molecule has 0 aliphatic carbocycles. The molecular formula is C26H35N3O3. The lowest BCUT2D eigenvalue weighted by molar-refractivity contribution is -0.135. The molecular weight excluding hydrogens is 402 g/mol. The summed E-state index contributed by atoms with van der Waals surface area (Å²) in [7, 11) is 0. The fourth-order valence-electron chi connectivity index (χ4n) is 5.17. The molecule has 2 amide bonds. The molecule has 1 aromatic heterocycles. The zero-order chi connectivity index (χ0) is 22.3. The Kier molecular flexibility index (Phi) is 7.63. The fourth-order valence-corrected chi connectivity index (χ4v) is 5.17. The zero-order valence-corrected chi connectivity index (χ0v) is 19.0. The molecule has 1 N–H and O–H groups in total. The molecule has 0 saturated carbocycles. The van der Waals surface area contributed by atoms with Crippen LogP contribution in [0.2, 0.25) is 0 Å². The fraction of sp³-hybridized carbons (Fsp3) is 0.538. The highest BCUT2D eigenvalue weighted by atomic mass is 16.3. The number of rotatable bonds is 7. The van der Waals surface area contributed by atoms with Gasteiger partial charge in [0.15, 0.2) is 0 Å². The van der Waals surface area contributed by atoms with E-state index in [0.717, 1.165) is 69.6 Å². The van der Waals surface area contributed by atoms with Gasteiger partial charge in [-0.3, -0.25) is 9.59 Å². The number of hydrogen-bond acceptors (Lipinski definition) is 4. The summed E-state index contributed by atoms with van der Waals surface area (Å²) in [4.78, 5) is 30.2. The van der Waals surface area contributed by atoms with Crippen molar-refractivity contribution in [3.63, 3.8) is 0 Å². The van der Waals surface area contributed by atoms with Crippen LogP contribution in [0.4, 0.5) is 0 Å². The quantitative estimate of drug-likeness (QED) is 0.716. The Labute approximate surface area is 191 Å². The van der Waals surface area contributed by atoms with Crippen LogP contribution in [0.1, 0.15) is 56.3 Å². The lowest BCUT2D eigenvalue weighted by atomic mass is 9.91. The lowest BCUT2D eigenvalue weighted by Gasteiger charge is -2.42. The Balaban J connectivity index is 1.21. The number of hydrogen-bond donors (Lipinski definition) is 1. The Hall–Kier alpha value is -2.60. The largest absolute Gasteiger partial charge is 0.467 e. The van der Waals surface area contributed by atoms with E-state index in [4.69, 9.17) is 4.42 Å². The van der Waals surface area contributed by atoms with Crippen molar-refractivity contribution < 1.29 is 14.0 Å². The van der Waals surface area contributed by atoms with Crippen LogP contribution in [0.3, 0.4) is 0 Å². The average Bonchev–Trinajstić information content (AvgIpc) is 3.38. The second-order valence-electron chi connectivity index (χ2n) is 9.04. The SMILES string of the molecule is CCC(C(=O)N1CCC(N2CCC(C(=O)NCc3ccco3)CC2)CC1)c1ccccc1. The Morgan fingerprint density at radius 2 is 1.72 bits per heavy atom.